The number of benzene rings is 1. The van der Waals surface area contributed by atoms with Gasteiger partial charge in [0, 0.05) is 36.4 Å². The highest BCUT2D eigenvalue weighted by Gasteiger charge is 2.38. The predicted octanol–water partition coefficient (Wildman–Crippen LogP) is 2.18. The number of fused-ring (bicyclic) bond motifs is 1. The molecule has 2 aromatic rings. The first-order valence-corrected chi connectivity index (χ1v) is 9.35. The molecule has 1 aromatic carbocycles. The molecule has 0 radical (unpaired) electrons. The molecule has 2 aliphatic rings. The van der Waals surface area contributed by atoms with Crippen LogP contribution in [0.3, 0.4) is 0 Å². The van der Waals surface area contributed by atoms with Crippen molar-refractivity contribution in [2.24, 2.45) is 0 Å². The third-order valence-electron chi connectivity index (χ3n) is 5.10. The van der Waals surface area contributed by atoms with Crippen LogP contribution in [-0.2, 0) is 16.1 Å². The van der Waals surface area contributed by atoms with E-state index < -0.39 is 0 Å². The van der Waals surface area contributed by atoms with E-state index in [1.165, 1.54) is 0 Å². The van der Waals surface area contributed by atoms with Crippen LogP contribution in [0.2, 0.25) is 5.02 Å². The van der Waals surface area contributed by atoms with Crippen molar-refractivity contribution in [1.82, 2.24) is 20.0 Å². The van der Waals surface area contributed by atoms with Gasteiger partial charge in [-0.2, -0.15) is 5.10 Å². The number of halogens is 1. The van der Waals surface area contributed by atoms with E-state index >= 15 is 0 Å². The number of amides is 1. The van der Waals surface area contributed by atoms with Crippen LogP contribution in [0.25, 0.3) is 0 Å². The van der Waals surface area contributed by atoms with E-state index in [-0.39, 0.29) is 24.6 Å². The highest BCUT2D eigenvalue weighted by molar-refractivity contribution is 6.30. The summed E-state index contributed by atoms with van der Waals surface area (Å²) in [5, 5.41) is 8.14. The summed E-state index contributed by atoms with van der Waals surface area (Å²) in [5.41, 5.74) is 2.07. The Labute approximate surface area is 158 Å². The summed E-state index contributed by atoms with van der Waals surface area (Å²) in [6.07, 6.45) is 2.82. The summed E-state index contributed by atoms with van der Waals surface area (Å²) in [6.45, 7) is 4.58. The van der Waals surface area contributed by atoms with Gasteiger partial charge in [0.05, 0.1) is 18.4 Å². The van der Waals surface area contributed by atoms with Crippen LogP contribution >= 0.6 is 11.6 Å². The lowest BCUT2D eigenvalue weighted by atomic mass is 10.1. The highest BCUT2D eigenvalue weighted by Crippen LogP contribution is 2.30. The van der Waals surface area contributed by atoms with Gasteiger partial charge < -0.3 is 10.1 Å². The lowest BCUT2D eigenvalue weighted by Crippen LogP contribution is -2.43. The molecule has 4 rings (SSSR count). The minimum Gasteiger partial charge on any atom is -0.371 e. The molecule has 0 unspecified atom stereocenters. The zero-order chi connectivity index (χ0) is 18.1. The number of morpholine rings is 1. The number of aromatic nitrogens is 2. The fourth-order valence-corrected chi connectivity index (χ4v) is 3.96. The topological polar surface area (TPSA) is 59.4 Å². The molecule has 7 heteroatoms. The van der Waals surface area contributed by atoms with E-state index in [9.17, 15) is 4.79 Å². The predicted molar refractivity (Wildman–Crippen MR) is 99.0 cm³/mol. The molecule has 2 aliphatic heterocycles. The molecule has 1 N–H and O–H groups in total. The Kier molecular flexibility index (Phi) is 4.98. The van der Waals surface area contributed by atoms with E-state index in [4.69, 9.17) is 16.3 Å². The minimum atomic E-state index is 0.00752. The van der Waals surface area contributed by atoms with Crippen LogP contribution in [-0.4, -0.2) is 52.4 Å². The quantitative estimate of drug-likeness (QED) is 0.891. The van der Waals surface area contributed by atoms with Crippen LogP contribution in [0.4, 0.5) is 0 Å². The molecule has 26 heavy (non-hydrogen) atoms. The summed E-state index contributed by atoms with van der Waals surface area (Å²) in [6, 6.07) is 10.3. The summed E-state index contributed by atoms with van der Waals surface area (Å²) in [5.74, 6) is 0.00752. The van der Waals surface area contributed by atoms with E-state index in [2.05, 4.69) is 15.3 Å². The van der Waals surface area contributed by atoms with Crippen molar-refractivity contribution in [2.45, 2.75) is 38.1 Å². The fourth-order valence-electron chi connectivity index (χ4n) is 3.83. The molecule has 1 aromatic heterocycles. The van der Waals surface area contributed by atoms with Crippen molar-refractivity contribution in [3.05, 3.63) is 52.8 Å². The first kappa shape index (κ1) is 17.5. The molecule has 0 spiro atoms. The number of ether oxygens (including phenoxy) is 1. The van der Waals surface area contributed by atoms with Crippen LogP contribution in [0.5, 0.6) is 0 Å². The average molecular weight is 375 g/mol. The Hall–Kier alpha value is -1.89. The van der Waals surface area contributed by atoms with E-state index in [0.29, 0.717) is 12.6 Å². The maximum Gasteiger partial charge on any atom is 0.241 e. The Morgan fingerprint density at radius 2 is 2.12 bits per heavy atom. The second kappa shape index (κ2) is 7.39. The van der Waals surface area contributed by atoms with Crippen molar-refractivity contribution in [3.8, 4) is 0 Å². The number of nitrogens with zero attached hydrogens (tertiary/aromatic N) is 3. The summed E-state index contributed by atoms with van der Waals surface area (Å²) < 4.78 is 7.73. The van der Waals surface area contributed by atoms with Crippen molar-refractivity contribution < 1.29 is 9.53 Å². The molecule has 3 atom stereocenters. The number of carbonyl (C=O) groups excluding carboxylic acids is 1. The third kappa shape index (κ3) is 3.92. The molecule has 3 heterocycles. The Morgan fingerprint density at radius 3 is 2.85 bits per heavy atom. The SMILES string of the molecule is Cc1ccn(CC(=O)N[C@@H]2C[C@H]3CO[C@@H](c4ccc(Cl)cc4)CN3C2)n1. The third-order valence-corrected chi connectivity index (χ3v) is 5.36. The standard InChI is InChI=1S/C19H23ClN4O2/c1-13-6-7-24(22-13)11-19(25)21-16-8-17-12-26-18(10-23(17)9-16)14-2-4-15(20)5-3-14/h2-7,16-18H,8-12H2,1H3,(H,21,25)/t16-,17+,18-/m1/s1. The van der Waals surface area contributed by atoms with Gasteiger partial charge in [-0.05, 0) is 37.1 Å². The van der Waals surface area contributed by atoms with Gasteiger partial charge >= 0.3 is 0 Å². The van der Waals surface area contributed by atoms with Gasteiger partial charge in [0.15, 0.2) is 0 Å². The molecule has 0 aliphatic carbocycles. The molecular weight excluding hydrogens is 352 g/mol. The number of hydrogen-bond donors (Lipinski definition) is 1. The Balaban J connectivity index is 1.31. The molecule has 6 nitrogen and oxygen atoms in total. The summed E-state index contributed by atoms with van der Waals surface area (Å²) in [4.78, 5) is 14.7. The smallest absolute Gasteiger partial charge is 0.241 e. The zero-order valence-corrected chi connectivity index (χ0v) is 15.5. The maximum atomic E-state index is 12.3. The van der Waals surface area contributed by atoms with Crippen LogP contribution in [0, 0.1) is 6.92 Å². The lowest BCUT2D eigenvalue weighted by Gasteiger charge is -2.35. The molecule has 2 fully saturated rings. The van der Waals surface area contributed by atoms with E-state index in [1.54, 1.807) is 4.68 Å². The normalized spacial score (nSPS) is 25.8. The number of aryl methyl sites for hydroxylation is 1. The van der Waals surface area contributed by atoms with Crippen LogP contribution < -0.4 is 5.32 Å². The Morgan fingerprint density at radius 1 is 1.31 bits per heavy atom. The van der Waals surface area contributed by atoms with Gasteiger partial charge in [-0.1, -0.05) is 23.7 Å². The van der Waals surface area contributed by atoms with Crippen molar-refractivity contribution in [1.29, 1.82) is 0 Å². The second-order valence-electron chi connectivity index (χ2n) is 7.14. The number of hydrogen-bond acceptors (Lipinski definition) is 4. The van der Waals surface area contributed by atoms with Crippen molar-refractivity contribution >= 4 is 17.5 Å². The van der Waals surface area contributed by atoms with Gasteiger partial charge in [-0.3, -0.25) is 14.4 Å². The van der Waals surface area contributed by atoms with Crippen LogP contribution in [0.15, 0.2) is 36.5 Å². The molecule has 0 bridgehead atoms. The Bertz CT molecular complexity index is 776. The second-order valence-corrected chi connectivity index (χ2v) is 7.57. The highest BCUT2D eigenvalue weighted by atomic mass is 35.5. The molecular formula is C19H23ClN4O2. The first-order valence-electron chi connectivity index (χ1n) is 8.97. The van der Waals surface area contributed by atoms with Gasteiger partial charge in [0.2, 0.25) is 5.91 Å². The molecule has 2 saturated heterocycles. The van der Waals surface area contributed by atoms with Gasteiger partial charge in [0.1, 0.15) is 6.54 Å². The van der Waals surface area contributed by atoms with E-state index in [0.717, 1.165) is 35.8 Å². The zero-order valence-electron chi connectivity index (χ0n) is 14.8. The molecule has 0 saturated carbocycles. The molecule has 1 amide bonds. The minimum absolute atomic E-state index is 0.00752. The van der Waals surface area contributed by atoms with Gasteiger partial charge in [-0.15, -0.1) is 0 Å². The monoisotopic (exact) mass is 374 g/mol. The molecule has 138 valence electrons. The summed E-state index contributed by atoms with van der Waals surface area (Å²) in [7, 11) is 0. The van der Waals surface area contributed by atoms with Crippen molar-refractivity contribution in [2.75, 3.05) is 19.7 Å². The average Bonchev–Trinajstić information content (AvgIpc) is 3.20. The van der Waals surface area contributed by atoms with Gasteiger partial charge in [-0.25, -0.2) is 0 Å². The van der Waals surface area contributed by atoms with Gasteiger partial charge in [0.25, 0.3) is 0 Å². The van der Waals surface area contributed by atoms with Crippen molar-refractivity contribution in [3.63, 3.8) is 0 Å². The largest absolute Gasteiger partial charge is 0.371 e. The maximum absolute atomic E-state index is 12.3. The van der Waals surface area contributed by atoms with E-state index in [1.807, 2.05) is 43.5 Å². The lowest BCUT2D eigenvalue weighted by molar-refractivity contribution is -0.122. The first-order chi connectivity index (χ1) is 12.6. The number of carbonyl (C=O) groups is 1. The summed E-state index contributed by atoms with van der Waals surface area (Å²) >= 11 is 5.97. The number of nitrogens with one attached hydrogen (secondary N) is 1. The number of rotatable bonds is 4. The fraction of sp³-hybridized carbons (Fsp3) is 0.474. The van der Waals surface area contributed by atoms with Crippen LogP contribution in [0.1, 0.15) is 23.8 Å².